The Morgan fingerprint density at radius 1 is 1.12 bits per heavy atom. The number of hydrogen-bond acceptors (Lipinski definition) is 6. The molecule has 1 aliphatic heterocycles. The number of rotatable bonds is 6. The van der Waals surface area contributed by atoms with E-state index in [-0.39, 0.29) is 24.5 Å². The van der Waals surface area contributed by atoms with E-state index in [1.54, 1.807) is 37.5 Å². The highest BCUT2D eigenvalue weighted by Crippen LogP contribution is 2.42. The third-order valence-corrected chi connectivity index (χ3v) is 5.87. The zero-order valence-electron chi connectivity index (χ0n) is 19.0. The second kappa shape index (κ2) is 9.46. The molecule has 170 valence electrons. The minimum atomic E-state index is -0.299. The summed E-state index contributed by atoms with van der Waals surface area (Å²) in [4.78, 5) is 41.8. The largest absolute Gasteiger partial charge is 0.396 e. The fraction of sp³-hybridized carbons (Fsp3) is 0.320. The Balaban J connectivity index is 1.91. The van der Waals surface area contributed by atoms with Crippen LogP contribution in [-0.4, -0.2) is 62.4 Å². The highest BCUT2D eigenvalue weighted by molar-refractivity contribution is 5.93. The van der Waals surface area contributed by atoms with Crippen molar-refractivity contribution in [3.05, 3.63) is 65.9 Å². The molecule has 33 heavy (non-hydrogen) atoms. The van der Waals surface area contributed by atoms with Crippen molar-refractivity contribution in [1.82, 2.24) is 24.8 Å². The number of carbonyl (C=O) groups excluding carboxylic acids is 2. The molecule has 0 saturated carbocycles. The molecule has 1 aromatic carbocycles. The molecule has 0 unspecified atom stereocenters. The van der Waals surface area contributed by atoms with Crippen molar-refractivity contribution in [2.75, 3.05) is 20.7 Å². The van der Waals surface area contributed by atoms with Crippen LogP contribution in [0.5, 0.6) is 0 Å². The van der Waals surface area contributed by atoms with Crippen LogP contribution in [0.2, 0.25) is 0 Å². The molecule has 0 spiro atoms. The van der Waals surface area contributed by atoms with Crippen LogP contribution in [0.3, 0.4) is 0 Å². The highest BCUT2D eigenvalue weighted by Gasteiger charge is 2.36. The van der Waals surface area contributed by atoms with Crippen LogP contribution in [0.4, 0.5) is 0 Å². The van der Waals surface area contributed by atoms with Gasteiger partial charge in [0.1, 0.15) is 12.0 Å². The van der Waals surface area contributed by atoms with Crippen molar-refractivity contribution in [3.8, 4) is 22.4 Å². The van der Waals surface area contributed by atoms with E-state index in [1.807, 2.05) is 31.2 Å². The summed E-state index contributed by atoms with van der Waals surface area (Å²) < 4.78 is 0. The first-order chi connectivity index (χ1) is 15.9. The van der Waals surface area contributed by atoms with E-state index in [4.69, 9.17) is 4.98 Å². The Morgan fingerprint density at radius 2 is 1.85 bits per heavy atom. The normalized spacial score (nSPS) is 14.8. The number of hydrogen-bond donors (Lipinski definition) is 1. The van der Waals surface area contributed by atoms with Crippen molar-refractivity contribution >= 4 is 11.8 Å². The Labute approximate surface area is 192 Å². The molecule has 0 aliphatic carbocycles. The second-order valence-electron chi connectivity index (χ2n) is 8.24. The lowest BCUT2D eigenvalue weighted by Gasteiger charge is -2.25. The van der Waals surface area contributed by atoms with Crippen LogP contribution in [-0.2, 0) is 11.3 Å². The van der Waals surface area contributed by atoms with Crippen molar-refractivity contribution in [3.63, 3.8) is 0 Å². The molecule has 0 fully saturated rings. The maximum absolute atomic E-state index is 12.8. The van der Waals surface area contributed by atoms with Crippen LogP contribution in [0.15, 0.2) is 49.1 Å². The number of nitrogens with zero attached hydrogens (tertiary/aromatic N) is 5. The maximum Gasteiger partial charge on any atom is 0.271 e. The van der Waals surface area contributed by atoms with Crippen molar-refractivity contribution in [2.24, 2.45) is 0 Å². The van der Waals surface area contributed by atoms with Gasteiger partial charge in [0.05, 0.1) is 11.7 Å². The van der Waals surface area contributed by atoms with Gasteiger partial charge >= 0.3 is 0 Å². The minimum Gasteiger partial charge on any atom is -0.396 e. The first-order valence-corrected chi connectivity index (χ1v) is 11.0. The van der Waals surface area contributed by atoms with Gasteiger partial charge in [-0.15, -0.1) is 0 Å². The third kappa shape index (κ3) is 4.34. The summed E-state index contributed by atoms with van der Waals surface area (Å²) >= 11 is 0. The van der Waals surface area contributed by atoms with E-state index in [9.17, 15) is 14.7 Å². The van der Waals surface area contributed by atoms with Gasteiger partial charge in [-0.1, -0.05) is 25.1 Å². The minimum absolute atomic E-state index is 0.00581. The molecule has 8 heteroatoms. The van der Waals surface area contributed by atoms with Gasteiger partial charge < -0.3 is 14.9 Å². The molecular weight excluding hydrogens is 418 g/mol. The van der Waals surface area contributed by atoms with Crippen molar-refractivity contribution in [1.29, 1.82) is 0 Å². The van der Waals surface area contributed by atoms with Gasteiger partial charge in [0.25, 0.3) is 5.91 Å². The van der Waals surface area contributed by atoms with Crippen LogP contribution in [0.1, 0.15) is 47.4 Å². The van der Waals surface area contributed by atoms with Crippen LogP contribution >= 0.6 is 0 Å². The fourth-order valence-electron chi connectivity index (χ4n) is 4.30. The zero-order valence-corrected chi connectivity index (χ0v) is 19.0. The molecule has 1 N–H and O–H groups in total. The smallest absolute Gasteiger partial charge is 0.271 e. The van der Waals surface area contributed by atoms with E-state index >= 15 is 0 Å². The monoisotopic (exact) mass is 445 g/mol. The summed E-state index contributed by atoms with van der Waals surface area (Å²) in [6, 6.07) is 9.31. The lowest BCUT2D eigenvalue weighted by Crippen LogP contribution is -2.29. The molecule has 8 nitrogen and oxygen atoms in total. The number of aliphatic hydroxyl groups is 1. The van der Waals surface area contributed by atoms with Gasteiger partial charge in [-0.3, -0.25) is 9.59 Å². The molecule has 1 atom stereocenters. The SMILES string of the molecule is CCC(=O)N1Cc2cc(C(=O)N(C)C)nc(-c3cccc(-c4cncnc4)c3)c2[C@@H]1CCO. The average Bonchev–Trinajstić information content (AvgIpc) is 3.21. The molecular formula is C25H27N5O3. The number of carbonyl (C=O) groups is 2. The standard InChI is InChI=1S/C25H27N5O3/c1-4-22(32)30-14-18-11-20(25(33)29(2)3)28-24(23(18)21(30)8-9-31)17-7-5-6-16(10-17)19-12-26-15-27-13-19/h5-7,10-13,15,21,31H,4,8-9,14H2,1-3H3/t21-/m0/s1. The summed E-state index contributed by atoms with van der Waals surface area (Å²) in [6.45, 7) is 2.16. The second-order valence-corrected chi connectivity index (χ2v) is 8.24. The number of pyridine rings is 1. The first-order valence-electron chi connectivity index (χ1n) is 11.0. The third-order valence-electron chi connectivity index (χ3n) is 5.87. The van der Waals surface area contributed by atoms with Crippen LogP contribution < -0.4 is 0 Å². The Morgan fingerprint density at radius 3 is 2.52 bits per heavy atom. The average molecular weight is 446 g/mol. The summed E-state index contributed by atoms with van der Waals surface area (Å²) in [6.07, 6.45) is 5.74. The summed E-state index contributed by atoms with van der Waals surface area (Å²) in [7, 11) is 3.38. The Kier molecular flexibility index (Phi) is 6.46. The first kappa shape index (κ1) is 22.5. The fourth-order valence-corrected chi connectivity index (χ4v) is 4.30. The van der Waals surface area contributed by atoms with E-state index in [2.05, 4.69) is 9.97 Å². The van der Waals surface area contributed by atoms with Crippen molar-refractivity contribution in [2.45, 2.75) is 32.4 Å². The molecule has 1 aliphatic rings. The van der Waals surface area contributed by atoms with Gasteiger partial charge in [-0.2, -0.15) is 0 Å². The lowest BCUT2D eigenvalue weighted by atomic mass is 9.94. The van der Waals surface area contributed by atoms with Gasteiger partial charge in [0.2, 0.25) is 5.91 Å². The van der Waals surface area contributed by atoms with E-state index in [0.717, 1.165) is 27.8 Å². The number of amides is 2. The molecule has 3 heterocycles. The summed E-state index contributed by atoms with van der Waals surface area (Å²) in [5.41, 5.74) is 5.38. The van der Waals surface area contributed by atoms with Gasteiger partial charge in [0.15, 0.2) is 0 Å². The molecule has 2 amide bonds. The molecule has 3 aromatic rings. The quantitative estimate of drug-likeness (QED) is 0.626. The van der Waals surface area contributed by atoms with Crippen molar-refractivity contribution < 1.29 is 14.7 Å². The maximum atomic E-state index is 12.8. The van der Waals surface area contributed by atoms with Gasteiger partial charge in [0, 0.05) is 62.8 Å². The predicted molar refractivity (Wildman–Crippen MR) is 124 cm³/mol. The van der Waals surface area contributed by atoms with E-state index in [0.29, 0.717) is 30.8 Å². The molecule has 0 bridgehead atoms. The topological polar surface area (TPSA) is 99.5 Å². The number of aliphatic hydroxyl groups excluding tert-OH is 1. The lowest BCUT2D eigenvalue weighted by molar-refractivity contribution is -0.133. The van der Waals surface area contributed by atoms with Gasteiger partial charge in [-0.05, 0) is 29.7 Å². The van der Waals surface area contributed by atoms with Crippen LogP contribution in [0, 0.1) is 0 Å². The Bertz CT molecular complexity index is 1180. The van der Waals surface area contributed by atoms with E-state index < -0.39 is 0 Å². The number of aromatic nitrogens is 3. The number of benzene rings is 1. The Hall–Kier alpha value is -3.65. The number of fused-ring (bicyclic) bond motifs is 1. The molecule has 2 aromatic heterocycles. The van der Waals surface area contributed by atoms with E-state index in [1.165, 1.54) is 11.2 Å². The molecule has 0 radical (unpaired) electrons. The summed E-state index contributed by atoms with van der Waals surface area (Å²) in [5, 5.41) is 9.76. The molecule has 0 saturated heterocycles. The van der Waals surface area contributed by atoms with Crippen LogP contribution in [0.25, 0.3) is 22.4 Å². The summed E-state index contributed by atoms with van der Waals surface area (Å²) in [5.74, 6) is -0.197. The zero-order chi connectivity index (χ0) is 23.5. The van der Waals surface area contributed by atoms with Gasteiger partial charge in [-0.25, -0.2) is 15.0 Å². The molecule has 4 rings (SSSR count). The highest BCUT2D eigenvalue weighted by atomic mass is 16.3. The predicted octanol–water partition coefficient (Wildman–Crippen LogP) is 3.08.